The molecule has 0 spiro atoms. The van der Waals surface area contributed by atoms with Gasteiger partial charge < -0.3 is 58.2 Å². The van der Waals surface area contributed by atoms with Crippen molar-refractivity contribution in [3.8, 4) is 11.5 Å². The van der Waals surface area contributed by atoms with Gasteiger partial charge in [-0.1, -0.05) is 0 Å². The first-order valence-corrected chi connectivity index (χ1v) is 20.0. The number of rotatable bonds is 18. The van der Waals surface area contributed by atoms with E-state index in [0.29, 0.717) is 42.3 Å². The lowest BCUT2D eigenvalue weighted by molar-refractivity contribution is -0.268. The zero-order valence-corrected chi connectivity index (χ0v) is 35.4. The van der Waals surface area contributed by atoms with Gasteiger partial charge in [0.2, 0.25) is 5.91 Å². The smallest absolute Gasteiger partial charge is 0.303 e. The maximum absolute atomic E-state index is 13.8. The Bertz CT molecular complexity index is 2000. The van der Waals surface area contributed by atoms with Gasteiger partial charge in [0.15, 0.2) is 36.0 Å². The first kappa shape index (κ1) is 46.1. The molecule has 0 saturated carbocycles. The van der Waals surface area contributed by atoms with Crippen LogP contribution in [0.15, 0.2) is 29.4 Å². The van der Waals surface area contributed by atoms with Crippen molar-refractivity contribution in [3.63, 3.8) is 0 Å². The van der Waals surface area contributed by atoms with Crippen LogP contribution in [0.3, 0.4) is 0 Å². The number of methoxy groups -OCH3 is 1. The van der Waals surface area contributed by atoms with Crippen LogP contribution in [-0.2, 0) is 47.7 Å². The maximum Gasteiger partial charge on any atom is 0.303 e. The highest BCUT2D eigenvalue weighted by Crippen LogP contribution is 2.39. The number of anilines is 1. The summed E-state index contributed by atoms with van der Waals surface area (Å²) in [6, 6.07) is 4.60. The zero-order valence-electron chi connectivity index (χ0n) is 35.4. The minimum Gasteiger partial charge on any atom is -0.493 e. The second-order valence-corrected chi connectivity index (χ2v) is 15.0. The van der Waals surface area contributed by atoms with Crippen molar-refractivity contribution < 1.29 is 66.7 Å². The van der Waals surface area contributed by atoms with Gasteiger partial charge in [-0.2, -0.15) is 0 Å². The molecule has 20 heteroatoms. The number of aromatic nitrogens is 1. The lowest BCUT2D eigenvalue weighted by Crippen LogP contribution is -2.60. The predicted octanol–water partition coefficient (Wildman–Crippen LogP) is 2.55. The average molecular weight is 855 g/mol. The third-order valence-corrected chi connectivity index (χ3v) is 9.94. The molecule has 2 aromatic rings. The fourth-order valence-corrected chi connectivity index (χ4v) is 7.32. The van der Waals surface area contributed by atoms with Crippen molar-refractivity contribution in [1.82, 2.24) is 19.7 Å². The number of ether oxygens (including phenoxy) is 7. The van der Waals surface area contributed by atoms with Crippen LogP contribution in [0.2, 0.25) is 0 Å². The van der Waals surface area contributed by atoms with Crippen LogP contribution >= 0.6 is 0 Å². The summed E-state index contributed by atoms with van der Waals surface area (Å²) in [7, 11) is 5.26. The number of aliphatic imine (C=N–C) groups is 1. The normalized spacial score (nSPS) is 21.7. The van der Waals surface area contributed by atoms with Crippen LogP contribution in [0.5, 0.6) is 11.5 Å². The van der Waals surface area contributed by atoms with E-state index in [1.54, 1.807) is 23.2 Å². The fraction of sp³-hybridized carbons (Fsp3) is 0.561. The molecule has 3 aliphatic rings. The predicted molar refractivity (Wildman–Crippen MR) is 216 cm³/mol. The number of amides is 3. The Balaban J connectivity index is 1.37. The van der Waals surface area contributed by atoms with Gasteiger partial charge in [0, 0.05) is 65.7 Å². The first-order valence-electron chi connectivity index (χ1n) is 20.0. The van der Waals surface area contributed by atoms with E-state index in [1.165, 1.54) is 23.9 Å². The first-order chi connectivity index (χ1) is 29.1. The third-order valence-electron chi connectivity index (χ3n) is 9.94. The quantitative estimate of drug-likeness (QED) is 0.125. The highest BCUT2D eigenvalue weighted by molar-refractivity contribution is 6.03. The molecule has 3 aliphatic heterocycles. The van der Waals surface area contributed by atoms with Crippen LogP contribution in [-0.4, -0.2) is 147 Å². The van der Waals surface area contributed by atoms with Gasteiger partial charge in [-0.3, -0.25) is 38.6 Å². The molecule has 5 rings (SSSR count). The minimum absolute atomic E-state index is 0.0170. The van der Waals surface area contributed by atoms with Crippen molar-refractivity contribution in [3.05, 3.63) is 35.7 Å². The van der Waals surface area contributed by atoms with E-state index in [-0.39, 0.29) is 49.3 Å². The Kier molecular flexibility index (Phi) is 15.8. The molecule has 6 atom stereocenters. The van der Waals surface area contributed by atoms with Crippen molar-refractivity contribution in [2.24, 2.45) is 4.99 Å². The molecule has 20 nitrogen and oxygen atoms in total. The summed E-state index contributed by atoms with van der Waals surface area (Å²) < 4.78 is 41.1. The van der Waals surface area contributed by atoms with Crippen LogP contribution in [0.1, 0.15) is 86.9 Å². The molecule has 332 valence electrons. The Morgan fingerprint density at radius 2 is 1.61 bits per heavy atom. The Morgan fingerprint density at radius 1 is 0.902 bits per heavy atom. The van der Waals surface area contributed by atoms with Crippen molar-refractivity contribution in [2.45, 2.75) is 96.5 Å². The van der Waals surface area contributed by atoms with Crippen molar-refractivity contribution in [2.75, 3.05) is 59.4 Å². The molecule has 1 aromatic carbocycles. The molecular formula is C41H54N6O14. The number of carbonyl (C=O) groups is 7. The summed E-state index contributed by atoms with van der Waals surface area (Å²) in [5.41, 5.74) is 1.00. The summed E-state index contributed by atoms with van der Waals surface area (Å²) in [6.07, 6.45) is -1.40. The van der Waals surface area contributed by atoms with E-state index in [9.17, 15) is 33.6 Å². The molecule has 61 heavy (non-hydrogen) atoms. The molecule has 0 aliphatic carbocycles. The Hall–Kier alpha value is -6.02. The number of benzene rings is 1. The summed E-state index contributed by atoms with van der Waals surface area (Å²) >= 11 is 0. The van der Waals surface area contributed by atoms with E-state index in [4.69, 9.17) is 33.2 Å². The van der Waals surface area contributed by atoms with E-state index in [0.717, 1.165) is 40.5 Å². The monoisotopic (exact) mass is 854 g/mol. The fourth-order valence-electron chi connectivity index (χ4n) is 7.32. The van der Waals surface area contributed by atoms with Gasteiger partial charge in [-0.25, -0.2) is 0 Å². The number of hydrogen-bond donors (Lipinski definition) is 2. The summed E-state index contributed by atoms with van der Waals surface area (Å²) in [5, 5.41) is 5.63. The number of fused-ring (bicyclic) bond motifs is 2. The SMILES string of the molecule is COc1cc2c(cc1OCCCC(=O)Nc1cc(C(=O)NCCCN(C)C)n([C@H]3O[C@H](COC(C)=O)[C@@H](OC(C)=O)[C@@H](OC(C)=O)[C@H]3OC(C)=O)c1)N=C[C@H]1CCCN1C2=O. The van der Waals surface area contributed by atoms with Crippen molar-refractivity contribution in [1.29, 1.82) is 0 Å². The van der Waals surface area contributed by atoms with Gasteiger partial charge in [0.1, 0.15) is 18.4 Å². The molecule has 0 bridgehead atoms. The van der Waals surface area contributed by atoms with Crippen LogP contribution in [0, 0.1) is 0 Å². The summed E-state index contributed by atoms with van der Waals surface area (Å²) in [5.74, 6) is -3.56. The Labute approximate surface area is 353 Å². The lowest BCUT2D eigenvalue weighted by atomic mass is 9.97. The number of hydrogen-bond acceptors (Lipinski definition) is 16. The zero-order chi connectivity index (χ0) is 44.4. The number of carbonyl (C=O) groups excluding carboxylic acids is 7. The van der Waals surface area contributed by atoms with Gasteiger partial charge in [0.25, 0.3) is 11.8 Å². The molecule has 0 unspecified atom stereocenters. The molecule has 2 N–H and O–H groups in total. The maximum atomic E-state index is 13.8. The molecule has 2 saturated heterocycles. The molecule has 4 heterocycles. The summed E-state index contributed by atoms with van der Waals surface area (Å²) in [6.45, 7) is 5.71. The standard InChI is InChI=1S/C41H54N6O14/c1-23(48)57-22-34-36(58-24(2)49)37(59-25(3)50)38(60-26(4)51)41(61-34)47-21-27(17-31(47)39(53)42-13-10-14-45(5)6)44-35(52)12-9-16-56-33-19-30-29(18-32(33)55-7)40(54)46-15-8-11-28(46)20-43-30/h17-21,28,34,36-38,41H,8-16,22H2,1-7H3,(H,42,53)(H,44,52)/t28-,34-,36-,37-,38-,41+/m1/s1. The minimum atomic E-state index is -1.52. The largest absolute Gasteiger partial charge is 0.493 e. The van der Waals surface area contributed by atoms with E-state index < -0.39 is 72.9 Å². The van der Waals surface area contributed by atoms with Crippen LogP contribution in [0.4, 0.5) is 11.4 Å². The second-order valence-electron chi connectivity index (χ2n) is 15.0. The van der Waals surface area contributed by atoms with Gasteiger partial charge in [-0.15, -0.1) is 0 Å². The average Bonchev–Trinajstić information content (AvgIpc) is 3.82. The Morgan fingerprint density at radius 3 is 2.28 bits per heavy atom. The van der Waals surface area contributed by atoms with E-state index >= 15 is 0 Å². The molecule has 3 amide bonds. The highest BCUT2D eigenvalue weighted by Gasteiger charge is 2.53. The van der Waals surface area contributed by atoms with Crippen LogP contribution in [0.25, 0.3) is 0 Å². The molecule has 1 aromatic heterocycles. The summed E-state index contributed by atoms with van der Waals surface area (Å²) in [4.78, 5) is 97.8. The lowest BCUT2D eigenvalue weighted by Gasteiger charge is -2.45. The number of nitrogens with zero attached hydrogens (tertiary/aromatic N) is 4. The van der Waals surface area contributed by atoms with Gasteiger partial charge in [0.05, 0.1) is 36.7 Å². The van der Waals surface area contributed by atoms with E-state index in [1.807, 2.05) is 19.0 Å². The molecule has 0 radical (unpaired) electrons. The van der Waals surface area contributed by atoms with Gasteiger partial charge in [-0.05, 0) is 58.5 Å². The van der Waals surface area contributed by atoms with Gasteiger partial charge >= 0.3 is 23.9 Å². The molecule has 2 fully saturated rings. The number of esters is 4. The highest BCUT2D eigenvalue weighted by atomic mass is 16.7. The molecular weight excluding hydrogens is 800 g/mol. The van der Waals surface area contributed by atoms with Crippen molar-refractivity contribution >= 4 is 59.2 Å². The third kappa shape index (κ3) is 12.1. The second kappa shape index (κ2) is 21.0. The topological polar surface area (TPSA) is 232 Å². The van der Waals surface area contributed by atoms with Crippen LogP contribution < -0.4 is 20.1 Å². The van der Waals surface area contributed by atoms with E-state index in [2.05, 4.69) is 15.6 Å². The number of nitrogens with one attached hydrogen (secondary N) is 2.